The second-order valence-electron chi connectivity index (χ2n) is 0.819. The Labute approximate surface area is 50.3 Å². The van der Waals surface area contributed by atoms with Crippen LogP contribution in [0.25, 0.3) is 0 Å². The molecule has 0 spiro atoms. The fourth-order valence-corrected chi connectivity index (χ4v) is 0.197. The number of ether oxygens (including phenoxy) is 1. The highest BCUT2D eigenvalue weighted by atomic mass is 79.9. The van der Waals surface area contributed by atoms with Crippen LogP contribution in [-0.2, 0) is 9.53 Å². The van der Waals surface area contributed by atoms with Crippen LogP contribution in [0.3, 0.4) is 0 Å². The normalized spacial score (nSPS) is 12.1. The van der Waals surface area contributed by atoms with Gasteiger partial charge in [-0.15, -0.1) is 0 Å². The lowest BCUT2D eigenvalue weighted by Crippen LogP contribution is -1.95. The highest BCUT2D eigenvalue weighted by Crippen LogP contribution is 1.98. The molecule has 0 aliphatic rings. The maximum Gasteiger partial charge on any atom is 0.294 e. The molecule has 0 aromatic carbocycles. The molecule has 0 aliphatic carbocycles. The third kappa shape index (κ3) is 3.52. The Balaban J connectivity index is 3.15. The number of halogens is 1. The van der Waals surface area contributed by atoms with Gasteiger partial charge in [0.1, 0.15) is 0 Å². The number of carbonyl (C=O) groups is 1. The van der Waals surface area contributed by atoms with Crippen LogP contribution < -0.4 is 0 Å². The second-order valence-corrected chi connectivity index (χ2v) is 1.72. The maximum atomic E-state index is 9.47. The monoisotopic (exact) mass is 164 g/mol. The smallest absolute Gasteiger partial charge is 0.294 e. The zero-order valence-corrected chi connectivity index (χ0v) is 5.22. The van der Waals surface area contributed by atoms with Gasteiger partial charge in [-0.2, -0.15) is 0 Å². The van der Waals surface area contributed by atoms with Crippen molar-refractivity contribution in [3.05, 3.63) is 12.7 Å². The van der Waals surface area contributed by atoms with Crippen LogP contribution in [0.15, 0.2) is 12.7 Å². The van der Waals surface area contributed by atoms with Crippen LogP contribution in [0, 0.1) is 0 Å². The Morgan fingerprint density at radius 2 is 2.43 bits per heavy atom. The summed E-state index contributed by atoms with van der Waals surface area (Å²) in [7, 11) is 0. The summed E-state index contributed by atoms with van der Waals surface area (Å²) in [5.74, 6) is 0. The van der Waals surface area contributed by atoms with Gasteiger partial charge >= 0.3 is 0 Å². The molecule has 0 N–H and O–H groups in total. The number of hydrogen-bond donors (Lipinski definition) is 0. The fraction of sp³-hybridized carbons (Fsp3) is 0.250. The van der Waals surface area contributed by atoms with E-state index in [1.807, 2.05) is 0 Å². The van der Waals surface area contributed by atoms with E-state index in [2.05, 4.69) is 27.2 Å². The van der Waals surface area contributed by atoms with Crippen molar-refractivity contribution in [3.8, 4) is 0 Å². The molecule has 0 bridgehead atoms. The highest BCUT2D eigenvalue weighted by Gasteiger charge is 1.90. The summed E-state index contributed by atoms with van der Waals surface area (Å²) in [4.78, 5) is 9.47. The molecule has 0 rings (SSSR count). The van der Waals surface area contributed by atoms with Crippen molar-refractivity contribution in [2.24, 2.45) is 0 Å². The van der Waals surface area contributed by atoms with Gasteiger partial charge in [-0.05, 0) is 22.0 Å². The molecule has 0 fully saturated rings. The Morgan fingerprint density at radius 1 is 1.86 bits per heavy atom. The predicted octanol–water partition coefficient (Wildman–Crippen LogP) is 1.07. The lowest BCUT2D eigenvalue weighted by Gasteiger charge is -1.96. The van der Waals surface area contributed by atoms with E-state index < -0.39 is 0 Å². The molecule has 0 saturated carbocycles. The molecule has 0 radical (unpaired) electrons. The molecular formula is C4H5BrO2. The molecule has 40 valence electrons. The molecule has 0 saturated heterocycles. The third-order valence-electron chi connectivity index (χ3n) is 0.371. The molecule has 0 amide bonds. The average molecular weight is 165 g/mol. The zero-order valence-electron chi connectivity index (χ0n) is 3.63. The number of rotatable bonds is 3. The average Bonchev–Trinajstić information content (AvgIpc) is 1.68. The van der Waals surface area contributed by atoms with Gasteiger partial charge in [0.25, 0.3) is 6.47 Å². The van der Waals surface area contributed by atoms with Crippen molar-refractivity contribution in [2.75, 3.05) is 0 Å². The maximum absolute atomic E-state index is 9.47. The summed E-state index contributed by atoms with van der Waals surface area (Å²) in [6.07, 6.45) is 1.47. The van der Waals surface area contributed by atoms with Crippen LogP contribution in [-0.4, -0.2) is 11.5 Å². The van der Waals surface area contributed by atoms with E-state index in [9.17, 15) is 4.79 Å². The number of hydrogen-bond acceptors (Lipinski definition) is 2. The summed E-state index contributed by atoms with van der Waals surface area (Å²) < 4.78 is 4.31. The number of alkyl halides is 1. The first-order chi connectivity index (χ1) is 3.31. The lowest BCUT2D eigenvalue weighted by molar-refractivity contribution is -0.128. The van der Waals surface area contributed by atoms with Crippen LogP contribution in [0.1, 0.15) is 0 Å². The van der Waals surface area contributed by atoms with Crippen LogP contribution in [0.5, 0.6) is 0 Å². The molecule has 0 heterocycles. The largest absolute Gasteiger partial charge is 0.449 e. The minimum Gasteiger partial charge on any atom is -0.449 e. The van der Waals surface area contributed by atoms with Crippen molar-refractivity contribution in [2.45, 2.75) is 5.01 Å². The minimum atomic E-state index is -0.343. The zero-order chi connectivity index (χ0) is 5.70. The van der Waals surface area contributed by atoms with Crippen molar-refractivity contribution in [1.82, 2.24) is 0 Å². The quantitative estimate of drug-likeness (QED) is 0.355. The van der Waals surface area contributed by atoms with Crippen LogP contribution in [0.2, 0.25) is 0 Å². The van der Waals surface area contributed by atoms with E-state index in [1.165, 1.54) is 6.08 Å². The van der Waals surface area contributed by atoms with Gasteiger partial charge in [-0.1, -0.05) is 6.58 Å². The van der Waals surface area contributed by atoms with Gasteiger partial charge in [-0.25, -0.2) is 0 Å². The molecule has 7 heavy (non-hydrogen) atoms. The standard InChI is InChI=1S/C4H5BrO2/c1-2-4(5)7-3-6/h2-4H,1H2. The Bertz CT molecular complexity index is 72.1. The highest BCUT2D eigenvalue weighted by molar-refractivity contribution is 9.09. The first kappa shape index (κ1) is 6.69. The molecule has 0 aromatic heterocycles. The Morgan fingerprint density at radius 3 is 2.57 bits per heavy atom. The van der Waals surface area contributed by atoms with Gasteiger partial charge in [0, 0.05) is 0 Å². The van der Waals surface area contributed by atoms with E-state index in [0.717, 1.165) is 0 Å². The minimum absolute atomic E-state index is 0.343. The predicted molar refractivity (Wildman–Crippen MR) is 30.1 cm³/mol. The van der Waals surface area contributed by atoms with Crippen molar-refractivity contribution in [3.63, 3.8) is 0 Å². The summed E-state index contributed by atoms with van der Waals surface area (Å²) in [6.45, 7) is 3.71. The molecule has 2 nitrogen and oxygen atoms in total. The topological polar surface area (TPSA) is 26.3 Å². The Kier molecular flexibility index (Phi) is 3.69. The van der Waals surface area contributed by atoms with Crippen molar-refractivity contribution in [1.29, 1.82) is 0 Å². The second kappa shape index (κ2) is 3.87. The van der Waals surface area contributed by atoms with Gasteiger partial charge < -0.3 is 4.74 Å². The summed E-state index contributed by atoms with van der Waals surface area (Å²) in [5, 5.41) is -0.343. The molecule has 1 unspecified atom stereocenters. The molecule has 3 heteroatoms. The van der Waals surface area contributed by atoms with Crippen molar-refractivity contribution >= 4 is 22.4 Å². The van der Waals surface area contributed by atoms with Gasteiger partial charge in [0.2, 0.25) is 0 Å². The van der Waals surface area contributed by atoms with E-state index in [1.54, 1.807) is 0 Å². The summed E-state index contributed by atoms with van der Waals surface area (Å²) in [5.41, 5.74) is 0. The molecule has 0 aromatic rings. The molecule has 1 atom stereocenters. The van der Waals surface area contributed by atoms with Gasteiger partial charge in [-0.3, -0.25) is 4.79 Å². The van der Waals surface area contributed by atoms with E-state index >= 15 is 0 Å². The SMILES string of the molecule is C=CC(Br)OC=O. The summed E-state index contributed by atoms with van der Waals surface area (Å²) >= 11 is 2.97. The molecule has 0 aliphatic heterocycles. The summed E-state index contributed by atoms with van der Waals surface area (Å²) in [6, 6.07) is 0. The lowest BCUT2D eigenvalue weighted by atomic mass is 10.7. The van der Waals surface area contributed by atoms with Crippen molar-refractivity contribution < 1.29 is 9.53 Å². The first-order valence-corrected chi connectivity index (χ1v) is 2.58. The van der Waals surface area contributed by atoms with E-state index in [0.29, 0.717) is 6.47 Å². The van der Waals surface area contributed by atoms with E-state index in [-0.39, 0.29) is 5.01 Å². The van der Waals surface area contributed by atoms with Crippen LogP contribution in [0.4, 0.5) is 0 Å². The molecular weight excluding hydrogens is 160 g/mol. The van der Waals surface area contributed by atoms with Crippen LogP contribution >= 0.6 is 15.9 Å². The fourth-order valence-electron chi connectivity index (χ4n) is 0.109. The first-order valence-electron chi connectivity index (χ1n) is 1.67. The van der Waals surface area contributed by atoms with E-state index in [4.69, 9.17) is 0 Å². The van der Waals surface area contributed by atoms with Gasteiger partial charge in [0.15, 0.2) is 5.01 Å². The number of carbonyl (C=O) groups excluding carboxylic acids is 1. The van der Waals surface area contributed by atoms with Gasteiger partial charge in [0.05, 0.1) is 0 Å². The third-order valence-corrected chi connectivity index (χ3v) is 0.961. The Hall–Kier alpha value is -0.310.